The minimum Gasteiger partial charge on any atom is -0.497 e. The molecular weight excluding hydrogens is 428 g/mol. The summed E-state index contributed by atoms with van der Waals surface area (Å²) in [6, 6.07) is 10.5. The van der Waals surface area contributed by atoms with E-state index in [4.69, 9.17) is 9.15 Å². The minimum atomic E-state index is 0.439. The quantitative estimate of drug-likeness (QED) is 0.319. The summed E-state index contributed by atoms with van der Waals surface area (Å²) in [6.07, 6.45) is 9.65. The van der Waals surface area contributed by atoms with E-state index in [1.165, 1.54) is 12.0 Å². The number of fused-ring (bicyclic) bond motifs is 1. The summed E-state index contributed by atoms with van der Waals surface area (Å²) in [6.45, 7) is 5.86. The van der Waals surface area contributed by atoms with E-state index < -0.39 is 0 Å². The molecule has 1 N–H and O–H groups in total. The van der Waals surface area contributed by atoms with Gasteiger partial charge in [0.25, 0.3) is 5.89 Å². The summed E-state index contributed by atoms with van der Waals surface area (Å²) in [5.41, 5.74) is 7.25. The molecule has 5 rings (SSSR count). The Hall–Kier alpha value is -4.20. The molecule has 0 bridgehead atoms. The maximum atomic E-state index is 5.52. The van der Waals surface area contributed by atoms with Crippen molar-refractivity contribution in [3.05, 3.63) is 72.8 Å². The Morgan fingerprint density at radius 1 is 1.12 bits per heavy atom. The van der Waals surface area contributed by atoms with Gasteiger partial charge >= 0.3 is 0 Å². The smallest absolute Gasteiger partial charge is 0.251 e. The standard InChI is InChI=1S/C26H26N6O2/c1-17-11-20(33-3)12-18(2)24(17)19-5-6-23-21(13-19)25(22(14-29-23)26-31-30-16-34-26)28-7-4-9-32-10-8-27-15-32/h5-6,8,10-16H,4,7,9H2,1-3H3,(H,28,29). The second-order valence-corrected chi connectivity index (χ2v) is 8.24. The van der Waals surface area contributed by atoms with Crippen LogP contribution in [0.15, 0.2) is 66.1 Å². The number of anilines is 1. The molecule has 2 aromatic carbocycles. The number of methoxy groups -OCH3 is 1. The Morgan fingerprint density at radius 3 is 2.68 bits per heavy atom. The Labute approximate surface area is 197 Å². The monoisotopic (exact) mass is 454 g/mol. The van der Waals surface area contributed by atoms with Crippen LogP contribution in [-0.4, -0.2) is 38.4 Å². The topological polar surface area (TPSA) is 90.9 Å². The maximum Gasteiger partial charge on any atom is 0.251 e. The van der Waals surface area contributed by atoms with Crippen LogP contribution < -0.4 is 10.1 Å². The zero-order valence-corrected chi connectivity index (χ0v) is 19.4. The molecule has 172 valence electrons. The predicted molar refractivity (Wildman–Crippen MR) is 132 cm³/mol. The number of benzene rings is 2. The van der Waals surface area contributed by atoms with Gasteiger partial charge in [0.15, 0.2) is 0 Å². The van der Waals surface area contributed by atoms with Crippen LogP contribution in [0, 0.1) is 13.8 Å². The lowest BCUT2D eigenvalue weighted by atomic mass is 9.93. The molecule has 0 amide bonds. The molecule has 5 aromatic rings. The number of imidazole rings is 1. The third-order valence-corrected chi connectivity index (χ3v) is 5.94. The predicted octanol–water partition coefficient (Wildman–Crippen LogP) is 5.28. The number of ether oxygens (including phenoxy) is 1. The van der Waals surface area contributed by atoms with Crippen molar-refractivity contribution in [1.29, 1.82) is 0 Å². The summed E-state index contributed by atoms with van der Waals surface area (Å²) in [4.78, 5) is 8.78. The van der Waals surface area contributed by atoms with Gasteiger partial charge in [-0.15, -0.1) is 10.2 Å². The molecule has 0 radical (unpaired) electrons. The van der Waals surface area contributed by atoms with Crippen LogP contribution in [0.3, 0.4) is 0 Å². The first-order chi connectivity index (χ1) is 16.6. The summed E-state index contributed by atoms with van der Waals surface area (Å²) in [5, 5.41) is 12.6. The van der Waals surface area contributed by atoms with Crippen LogP contribution in [0.2, 0.25) is 0 Å². The fourth-order valence-electron chi connectivity index (χ4n) is 4.38. The Balaban J connectivity index is 1.56. The summed E-state index contributed by atoms with van der Waals surface area (Å²) in [7, 11) is 1.69. The number of aryl methyl sites for hydroxylation is 3. The summed E-state index contributed by atoms with van der Waals surface area (Å²) >= 11 is 0. The van der Waals surface area contributed by atoms with Crippen LogP contribution in [0.4, 0.5) is 5.69 Å². The SMILES string of the molecule is COc1cc(C)c(-c2ccc3ncc(-c4nnco4)c(NCCCn4ccnc4)c3c2)c(C)c1. The van der Waals surface area contributed by atoms with Crippen LogP contribution in [0.25, 0.3) is 33.5 Å². The molecule has 0 saturated heterocycles. The molecule has 8 nitrogen and oxygen atoms in total. The van der Waals surface area contributed by atoms with Gasteiger partial charge in [-0.2, -0.15) is 0 Å². The average molecular weight is 455 g/mol. The minimum absolute atomic E-state index is 0.439. The molecule has 8 heteroatoms. The molecule has 0 aliphatic carbocycles. The molecule has 3 aromatic heterocycles. The zero-order chi connectivity index (χ0) is 23.5. The Bertz CT molecular complexity index is 1390. The van der Waals surface area contributed by atoms with Crippen molar-refractivity contribution >= 4 is 16.6 Å². The van der Waals surface area contributed by atoms with Gasteiger partial charge in [0.2, 0.25) is 6.39 Å². The van der Waals surface area contributed by atoms with Crippen molar-refractivity contribution in [2.24, 2.45) is 0 Å². The van der Waals surface area contributed by atoms with Crippen LogP contribution in [0.1, 0.15) is 17.5 Å². The fraction of sp³-hybridized carbons (Fsp3) is 0.231. The van der Waals surface area contributed by atoms with Gasteiger partial charge < -0.3 is 19.0 Å². The van der Waals surface area contributed by atoms with Gasteiger partial charge in [0.05, 0.1) is 30.2 Å². The van der Waals surface area contributed by atoms with Gasteiger partial charge in [-0.25, -0.2) is 4.98 Å². The molecular formula is C26H26N6O2. The van der Waals surface area contributed by atoms with E-state index in [2.05, 4.69) is 74.2 Å². The van der Waals surface area contributed by atoms with Crippen molar-refractivity contribution in [3.8, 4) is 28.3 Å². The Morgan fingerprint density at radius 2 is 1.97 bits per heavy atom. The van der Waals surface area contributed by atoms with Gasteiger partial charge in [-0.05, 0) is 66.8 Å². The van der Waals surface area contributed by atoms with Crippen LogP contribution in [-0.2, 0) is 6.54 Å². The first-order valence-electron chi connectivity index (χ1n) is 11.2. The van der Waals surface area contributed by atoms with E-state index in [0.29, 0.717) is 5.89 Å². The van der Waals surface area contributed by atoms with E-state index in [1.54, 1.807) is 19.5 Å². The number of nitrogens with zero attached hydrogens (tertiary/aromatic N) is 5. The van der Waals surface area contributed by atoms with Crippen molar-refractivity contribution < 1.29 is 9.15 Å². The van der Waals surface area contributed by atoms with E-state index in [-0.39, 0.29) is 0 Å². The van der Waals surface area contributed by atoms with Crippen LogP contribution in [0.5, 0.6) is 5.75 Å². The number of aromatic nitrogens is 5. The lowest BCUT2D eigenvalue weighted by Gasteiger charge is -2.16. The normalized spacial score (nSPS) is 11.1. The average Bonchev–Trinajstić information content (AvgIpc) is 3.56. The van der Waals surface area contributed by atoms with Gasteiger partial charge in [-0.1, -0.05) is 6.07 Å². The molecule has 3 heterocycles. The van der Waals surface area contributed by atoms with Gasteiger partial charge in [-0.3, -0.25) is 4.98 Å². The molecule has 0 saturated carbocycles. The first kappa shape index (κ1) is 21.6. The second-order valence-electron chi connectivity index (χ2n) is 8.24. The van der Waals surface area contributed by atoms with Crippen molar-refractivity contribution in [2.45, 2.75) is 26.8 Å². The molecule has 0 atom stereocenters. The fourth-order valence-corrected chi connectivity index (χ4v) is 4.38. The largest absolute Gasteiger partial charge is 0.497 e. The second kappa shape index (κ2) is 9.35. The zero-order valence-electron chi connectivity index (χ0n) is 19.4. The highest BCUT2D eigenvalue weighted by molar-refractivity contribution is 6.00. The van der Waals surface area contributed by atoms with Crippen molar-refractivity contribution in [3.63, 3.8) is 0 Å². The number of rotatable bonds is 8. The number of nitrogens with one attached hydrogen (secondary N) is 1. The third-order valence-electron chi connectivity index (χ3n) is 5.94. The maximum absolute atomic E-state index is 5.52. The highest BCUT2D eigenvalue weighted by Crippen LogP contribution is 2.37. The molecule has 0 aliphatic rings. The molecule has 0 unspecified atom stereocenters. The molecule has 0 aliphatic heterocycles. The van der Waals surface area contributed by atoms with Crippen molar-refractivity contribution in [1.82, 2.24) is 24.7 Å². The van der Waals surface area contributed by atoms with E-state index >= 15 is 0 Å². The number of hydrogen-bond donors (Lipinski definition) is 1. The van der Waals surface area contributed by atoms with E-state index in [9.17, 15) is 0 Å². The number of hydrogen-bond acceptors (Lipinski definition) is 7. The van der Waals surface area contributed by atoms with E-state index in [0.717, 1.165) is 64.1 Å². The molecule has 0 fully saturated rings. The lowest BCUT2D eigenvalue weighted by molar-refractivity contribution is 0.414. The Kier molecular flexibility index (Phi) is 5.95. The van der Waals surface area contributed by atoms with E-state index in [1.807, 2.05) is 12.5 Å². The highest BCUT2D eigenvalue weighted by atomic mass is 16.5. The molecule has 0 spiro atoms. The number of pyridine rings is 1. The molecule has 34 heavy (non-hydrogen) atoms. The van der Waals surface area contributed by atoms with Gasteiger partial charge in [0, 0.05) is 37.1 Å². The lowest BCUT2D eigenvalue weighted by Crippen LogP contribution is -2.07. The summed E-state index contributed by atoms with van der Waals surface area (Å²) in [5.74, 6) is 1.30. The highest BCUT2D eigenvalue weighted by Gasteiger charge is 2.16. The summed E-state index contributed by atoms with van der Waals surface area (Å²) < 4.78 is 13.0. The van der Waals surface area contributed by atoms with Crippen molar-refractivity contribution in [2.75, 3.05) is 19.0 Å². The van der Waals surface area contributed by atoms with Crippen LogP contribution >= 0.6 is 0 Å². The van der Waals surface area contributed by atoms with Gasteiger partial charge in [0.1, 0.15) is 5.75 Å². The third kappa shape index (κ3) is 4.22. The first-order valence-corrected chi connectivity index (χ1v) is 11.2.